The molecule has 1 saturated heterocycles. The highest BCUT2D eigenvalue weighted by Crippen LogP contribution is 2.32. The molecule has 0 aliphatic carbocycles. The van der Waals surface area contributed by atoms with Gasteiger partial charge in [0, 0.05) is 22.8 Å². The van der Waals surface area contributed by atoms with Crippen LogP contribution >= 0.6 is 23.4 Å². The van der Waals surface area contributed by atoms with Crippen LogP contribution in [0.2, 0.25) is 5.02 Å². The predicted octanol–water partition coefficient (Wildman–Crippen LogP) is 2.55. The molecule has 1 aromatic carbocycles. The monoisotopic (exact) mass is 243 g/mol. The van der Waals surface area contributed by atoms with E-state index < -0.39 is 0 Å². The Morgan fingerprint density at radius 3 is 2.93 bits per heavy atom. The normalized spacial score (nSPS) is 26.5. The molecular weight excluding hydrogens is 230 g/mol. The molecule has 1 aromatic rings. The minimum atomic E-state index is 0.208. The van der Waals surface area contributed by atoms with Crippen molar-refractivity contribution >= 4 is 23.4 Å². The first-order valence-electron chi connectivity index (χ1n) is 5.02. The summed E-state index contributed by atoms with van der Waals surface area (Å²) < 4.78 is 5.42. The number of hydrogen-bond donors (Lipinski definition) is 1. The number of ether oxygens (including phenoxy) is 1. The fourth-order valence-electron chi connectivity index (χ4n) is 1.55. The van der Waals surface area contributed by atoms with Crippen molar-refractivity contribution in [2.45, 2.75) is 22.6 Å². The molecule has 2 unspecified atom stereocenters. The Morgan fingerprint density at radius 2 is 2.20 bits per heavy atom. The van der Waals surface area contributed by atoms with Crippen LogP contribution in [0.25, 0.3) is 0 Å². The maximum Gasteiger partial charge on any atom is 0.0603 e. The predicted molar refractivity (Wildman–Crippen MR) is 64.5 cm³/mol. The third-order valence-electron chi connectivity index (χ3n) is 2.47. The van der Waals surface area contributed by atoms with Crippen molar-refractivity contribution in [1.29, 1.82) is 0 Å². The Labute approximate surface area is 99.1 Å². The van der Waals surface area contributed by atoms with Crippen molar-refractivity contribution in [3.8, 4) is 0 Å². The Kier molecular flexibility index (Phi) is 3.92. The first-order valence-corrected chi connectivity index (χ1v) is 6.27. The minimum Gasteiger partial charge on any atom is -0.380 e. The van der Waals surface area contributed by atoms with Crippen LogP contribution < -0.4 is 5.73 Å². The fraction of sp³-hybridized carbons (Fsp3) is 0.455. The van der Waals surface area contributed by atoms with Crippen molar-refractivity contribution in [3.05, 3.63) is 29.3 Å². The lowest BCUT2D eigenvalue weighted by molar-refractivity contribution is 0.0916. The third kappa shape index (κ3) is 2.88. The van der Waals surface area contributed by atoms with Crippen LogP contribution in [0.15, 0.2) is 29.2 Å². The molecule has 2 N–H and O–H groups in total. The molecule has 2 rings (SSSR count). The van der Waals surface area contributed by atoms with Crippen LogP contribution in [-0.2, 0) is 4.74 Å². The lowest BCUT2D eigenvalue weighted by atomic mass is 10.1. The highest BCUT2D eigenvalue weighted by molar-refractivity contribution is 8.00. The smallest absolute Gasteiger partial charge is 0.0603 e. The molecule has 1 aliphatic heterocycles. The van der Waals surface area contributed by atoms with Gasteiger partial charge in [0.25, 0.3) is 0 Å². The van der Waals surface area contributed by atoms with Gasteiger partial charge >= 0.3 is 0 Å². The molecule has 1 fully saturated rings. The summed E-state index contributed by atoms with van der Waals surface area (Å²) in [5, 5.41) is 1.11. The zero-order valence-electron chi connectivity index (χ0n) is 8.36. The molecule has 0 spiro atoms. The van der Waals surface area contributed by atoms with E-state index in [1.807, 2.05) is 24.3 Å². The second-order valence-corrected chi connectivity index (χ2v) is 5.30. The van der Waals surface area contributed by atoms with Gasteiger partial charge in [-0.1, -0.05) is 23.7 Å². The van der Waals surface area contributed by atoms with Crippen LogP contribution in [0.4, 0.5) is 0 Å². The quantitative estimate of drug-likeness (QED) is 0.867. The fourth-order valence-corrected chi connectivity index (χ4v) is 2.96. The summed E-state index contributed by atoms with van der Waals surface area (Å²) in [5.41, 5.74) is 6.03. The Bertz CT molecular complexity index is 334. The van der Waals surface area contributed by atoms with E-state index in [2.05, 4.69) is 0 Å². The van der Waals surface area contributed by atoms with Crippen LogP contribution in [-0.4, -0.2) is 24.5 Å². The maximum absolute atomic E-state index is 6.09. The summed E-state index contributed by atoms with van der Waals surface area (Å²) in [4.78, 5) is 1.09. The average Bonchev–Trinajstić information content (AvgIpc) is 2.24. The van der Waals surface area contributed by atoms with Gasteiger partial charge in [-0.3, -0.25) is 0 Å². The number of rotatable bonds is 2. The molecule has 82 valence electrons. The molecule has 0 bridgehead atoms. The number of benzene rings is 1. The van der Waals surface area contributed by atoms with Gasteiger partial charge in [-0.15, -0.1) is 11.8 Å². The van der Waals surface area contributed by atoms with Gasteiger partial charge in [-0.05, 0) is 18.6 Å². The van der Waals surface area contributed by atoms with Crippen LogP contribution in [0.1, 0.15) is 6.42 Å². The van der Waals surface area contributed by atoms with Crippen LogP contribution in [0, 0.1) is 0 Å². The second kappa shape index (κ2) is 5.21. The van der Waals surface area contributed by atoms with Crippen LogP contribution in [0.3, 0.4) is 0 Å². The largest absolute Gasteiger partial charge is 0.380 e. The van der Waals surface area contributed by atoms with Crippen molar-refractivity contribution in [1.82, 2.24) is 0 Å². The molecular formula is C11H14ClNOS. The molecule has 0 amide bonds. The summed E-state index contributed by atoms with van der Waals surface area (Å²) in [6.45, 7) is 1.50. The van der Waals surface area contributed by atoms with Crippen molar-refractivity contribution in [3.63, 3.8) is 0 Å². The second-order valence-electron chi connectivity index (χ2n) is 3.61. The van der Waals surface area contributed by atoms with Crippen molar-refractivity contribution < 1.29 is 4.74 Å². The average molecular weight is 244 g/mol. The van der Waals surface area contributed by atoms with Gasteiger partial charge in [-0.25, -0.2) is 0 Å². The van der Waals surface area contributed by atoms with Gasteiger partial charge in [0.2, 0.25) is 0 Å². The summed E-state index contributed by atoms with van der Waals surface area (Å²) >= 11 is 7.81. The first-order chi connectivity index (χ1) is 7.27. The van der Waals surface area contributed by atoms with Crippen molar-refractivity contribution in [2.24, 2.45) is 5.73 Å². The zero-order chi connectivity index (χ0) is 10.7. The van der Waals surface area contributed by atoms with E-state index in [1.54, 1.807) is 11.8 Å². The molecule has 0 aromatic heterocycles. The van der Waals surface area contributed by atoms with Crippen molar-refractivity contribution in [2.75, 3.05) is 13.2 Å². The van der Waals surface area contributed by atoms with E-state index in [0.717, 1.165) is 29.6 Å². The van der Waals surface area contributed by atoms with E-state index in [1.165, 1.54) is 0 Å². The lowest BCUT2D eigenvalue weighted by Crippen LogP contribution is -2.40. The lowest BCUT2D eigenvalue weighted by Gasteiger charge is -2.28. The molecule has 1 aliphatic rings. The molecule has 15 heavy (non-hydrogen) atoms. The minimum absolute atomic E-state index is 0.208. The third-order valence-corrected chi connectivity index (χ3v) is 4.31. The van der Waals surface area contributed by atoms with E-state index >= 15 is 0 Å². The number of halogens is 1. The molecule has 1 heterocycles. The summed E-state index contributed by atoms with van der Waals surface area (Å²) in [6, 6.07) is 8.06. The number of thioether (sulfide) groups is 1. The summed E-state index contributed by atoms with van der Waals surface area (Å²) in [6.07, 6.45) is 0.933. The molecule has 4 heteroatoms. The van der Waals surface area contributed by atoms with Crippen LogP contribution in [0.5, 0.6) is 0 Å². The maximum atomic E-state index is 6.09. The van der Waals surface area contributed by atoms with Gasteiger partial charge in [0.05, 0.1) is 11.6 Å². The Hall–Kier alpha value is -0.220. The topological polar surface area (TPSA) is 35.2 Å². The molecule has 0 radical (unpaired) electrons. The zero-order valence-corrected chi connectivity index (χ0v) is 9.93. The van der Waals surface area contributed by atoms with E-state index in [-0.39, 0.29) is 6.04 Å². The number of nitrogens with two attached hydrogens (primary N) is 1. The highest BCUT2D eigenvalue weighted by atomic mass is 35.5. The standard InChI is InChI=1S/C11H14ClNOS/c12-8-3-1-2-4-10(8)15-11-7-14-6-5-9(11)13/h1-4,9,11H,5-7,13H2. The molecule has 2 nitrogen and oxygen atoms in total. The Balaban J connectivity index is 2.04. The highest BCUT2D eigenvalue weighted by Gasteiger charge is 2.23. The van der Waals surface area contributed by atoms with Gasteiger partial charge in [0.1, 0.15) is 0 Å². The SMILES string of the molecule is NC1CCOCC1Sc1ccccc1Cl. The van der Waals surface area contributed by atoms with E-state index in [9.17, 15) is 0 Å². The van der Waals surface area contributed by atoms with Gasteiger partial charge < -0.3 is 10.5 Å². The van der Waals surface area contributed by atoms with Gasteiger partial charge in [0.15, 0.2) is 0 Å². The van der Waals surface area contributed by atoms with E-state index in [4.69, 9.17) is 22.1 Å². The van der Waals surface area contributed by atoms with E-state index in [0.29, 0.717) is 5.25 Å². The van der Waals surface area contributed by atoms with Gasteiger partial charge in [-0.2, -0.15) is 0 Å². The first kappa shape index (κ1) is 11.3. The molecule has 0 saturated carbocycles. The summed E-state index contributed by atoms with van der Waals surface area (Å²) in [5.74, 6) is 0. The number of hydrogen-bond acceptors (Lipinski definition) is 3. The Morgan fingerprint density at radius 1 is 1.40 bits per heavy atom. The summed E-state index contributed by atoms with van der Waals surface area (Å²) in [7, 11) is 0. The molecule has 2 atom stereocenters.